The largest absolute Gasteiger partial charge is 0.468 e. The number of hydrogen-bond acceptors (Lipinski definition) is 6. The molecule has 210 valence electrons. The highest BCUT2D eigenvalue weighted by atomic mass is 16.5. The van der Waals surface area contributed by atoms with Crippen LogP contribution in [0.2, 0.25) is 0 Å². The summed E-state index contributed by atoms with van der Waals surface area (Å²) in [6.45, 7) is 2.37. The Hall–Kier alpha value is -3.43. The predicted octanol–water partition coefficient (Wildman–Crippen LogP) is 6.83. The molecule has 4 aliphatic carbocycles. The van der Waals surface area contributed by atoms with E-state index in [1.807, 2.05) is 12.1 Å². The number of carbonyl (C=O) groups is 2. The Kier molecular flexibility index (Phi) is 8.42. The van der Waals surface area contributed by atoms with Gasteiger partial charge in [-0.15, -0.1) is 5.26 Å². The molecule has 0 heterocycles. The van der Waals surface area contributed by atoms with Crippen molar-refractivity contribution in [3.05, 3.63) is 65.3 Å². The first-order valence-corrected chi connectivity index (χ1v) is 14.6. The summed E-state index contributed by atoms with van der Waals surface area (Å²) in [7, 11) is 1.20. The van der Waals surface area contributed by atoms with Gasteiger partial charge in [-0.25, -0.2) is 4.79 Å². The number of nitriles is 1. The number of nitrogens with zero attached hydrogens (tertiary/aromatic N) is 1. The monoisotopic (exact) mass is 541 g/mol. The Labute approximate surface area is 236 Å². The van der Waals surface area contributed by atoms with Crippen LogP contribution in [0.3, 0.4) is 0 Å². The van der Waals surface area contributed by atoms with Crippen molar-refractivity contribution in [2.75, 3.05) is 13.7 Å². The molecule has 40 heavy (non-hydrogen) atoms. The predicted molar refractivity (Wildman–Crippen MR) is 154 cm³/mol. The normalized spacial score (nSPS) is 26.4. The van der Waals surface area contributed by atoms with E-state index in [2.05, 4.69) is 35.9 Å². The molecule has 6 nitrogen and oxygen atoms in total. The van der Waals surface area contributed by atoms with E-state index >= 15 is 0 Å². The summed E-state index contributed by atoms with van der Waals surface area (Å²) < 4.78 is 9.26. The molecule has 4 aliphatic rings. The number of esters is 2. The maximum atomic E-state index is 12.3. The van der Waals surface area contributed by atoms with Crippen LogP contribution in [0.5, 0.6) is 0 Å². The van der Waals surface area contributed by atoms with Gasteiger partial charge in [-0.2, -0.15) is 0 Å². The number of hydrogen-bond donors (Lipinski definition) is 1. The first-order chi connectivity index (χ1) is 19.4. The summed E-state index contributed by atoms with van der Waals surface area (Å²) >= 11 is 0. The van der Waals surface area contributed by atoms with E-state index < -0.39 is 17.9 Å². The van der Waals surface area contributed by atoms with Gasteiger partial charge in [0.05, 0.1) is 7.11 Å². The fourth-order valence-electron chi connectivity index (χ4n) is 8.15. The zero-order valence-corrected chi connectivity index (χ0v) is 23.5. The minimum absolute atomic E-state index is 0.212. The molecule has 1 atom stereocenters. The van der Waals surface area contributed by atoms with Crippen LogP contribution < -0.4 is 0 Å². The number of fused-ring (bicyclic) bond motifs is 1. The van der Waals surface area contributed by atoms with Crippen LogP contribution in [0.4, 0.5) is 0 Å². The van der Waals surface area contributed by atoms with E-state index in [9.17, 15) is 14.7 Å². The number of benzene rings is 2. The summed E-state index contributed by atoms with van der Waals surface area (Å²) in [5.74, 6) is -0.468. The molecule has 6 heteroatoms. The number of ether oxygens (including phenoxy) is 2. The topological polar surface area (TPSA) is 96.6 Å². The Morgan fingerprint density at radius 2 is 1.70 bits per heavy atom. The van der Waals surface area contributed by atoms with Crippen molar-refractivity contribution in [1.82, 2.24) is 0 Å². The molecular weight excluding hydrogens is 502 g/mol. The minimum atomic E-state index is -1.32. The van der Waals surface area contributed by atoms with E-state index in [0.717, 1.165) is 53.4 Å². The second-order valence-electron chi connectivity index (χ2n) is 12.1. The number of aliphatic hydroxyl groups is 1. The first kappa shape index (κ1) is 28.1. The van der Waals surface area contributed by atoms with Gasteiger partial charge >= 0.3 is 11.9 Å². The third kappa shape index (κ3) is 5.58. The van der Waals surface area contributed by atoms with Gasteiger partial charge in [-0.1, -0.05) is 48.9 Å². The highest BCUT2D eigenvalue weighted by Gasteiger charge is 2.52. The van der Waals surface area contributed by atoms with E-state index in [0.29, 0.717) is 5.56 Å². The van der Waals surface area contributed by atoms with Gasteiger partial charge in [0.2, 0.25) is 0 Å². The van der Waals surface area contributed by atoms with Gasteiger partial charge in [-0.05, 0) is 121 Å². The van der Waals surface area contributed by atoms with Crippen molar-refractivity contribution < 1.29 is 24.2 Å². The van der Waals surface area contributed by atoms with E-state index in [4.69, 9.17) is 10.00 Å². The summed E-state index contributed by atoms with van der Waals surface area (Å²) in [5.41, 5.74) is 4.56. The van der Waals surface area contributed by atoms with E-state index in [1.54, 1.807) is 12.1 Å². The zero-order valence-electron chi connectivity index (χ0n) is 23.5. The molecule has 0 amide bonds. The lowest BCUT2D eigenvalue weighted by Crippen LogP contribution is -2.47. The molecule has 0 spiro atoms. The van der Waals surface area contributed by atoms with Crippen LogP contribution in [-0.4, -0.2) is 30.8 Å². The first-order valence-electron chi connectivity index (χ1n) is 14.6. The second-order valence-corrected chi connectivity index (χ2v) is 12.1. The Morgan fingerprint density at radius 3 is 2.30 bits per heavy atom. The number of carbonyl (C=O) groups excluding carboxylic acids is 2. The molecule has 0 aromatic heterocycles. The summed E-state index contributed by atoms with van der Waals surface area (Å²) in [5, 5.41) is 20.4. The molecule has 1 unspecified atom stereocenters. The maximum absolute atomic E-state index is 12.3. The smallest absolute Gasteiger partial charge is 0.340 e. The lowest BCUT2D eigenvalue weighted by Gasteiger charge is -2.58. The second kappa shape index (κ2) is 12.0. The Bertz CT molecular complexity index is 1350. The highest BCUT2D eigenvalue weighted by molar-refractivity contribution is 6.02. The number of allylic oxidation sites excluding steroid dienone is 4. The average Bonchev–Trinajstić information content (AvgIpc) is 2.93. The van der Waals surface area contributed by atoms with Gasteiger partial charge < -0.3 is 14.6 Å². The number of aliphatic hydroxyl groups excluding tert-OH is 1. The molecule has 4 bridgehead atoms. The fourth-order valence-corrected chi connectivity index (χ4v) is 8.15. The SMILES string of the molecule is CC/C=C(\C=C(/CCCO)C12CC3CC(CC(C3)C1)C2)c1ccc2cc(C(C(=O)OC)C(=O)OC#N)ccc2c1. The van der Waals surface area contributed by atoms with Gasteiger partial charge in [0.25, 0.3) is 6.26 Å². The van der Waals surface area contributed by atoms with Crippen LogP contribution in [0.25, 0.3) is 16.3 Å². The number of methoxy groups -OCH3 is 1. The van der Waals surface area contributed by atoms with Gasteiger partial charge in [-0.3, -0.25) is 4.79 Å². The molecule has 0 radical (unpaired) electrons. The van der Waals surface area contributed by atoms with Crippen LogP contribution >= 0.6 is 0 Å². The third-order valence-electron chi connectivity index (χ3n) is 9.43. The molecule has 1 N–H and O–H groups in total. The summed E-state index contributed by atoms with van der Waals surface area (Å²) in [6, 6.07) is 11.6. The summed E-state index contributed by atoms with van der Waals surface area (Å²) in [4.78, 5) is 24.7. The fraction of sp³-hybridized carbons (Fsp3) is 0.500. The summed E-state index contributed by atoms with van der Waals surface area (Å²) in [6.07, 6.45) is 16.8. The standard InChI is InChI=1S/C34H39NO5/c1-3-5-25(17-30(6-4-11-36)34-18-22-12-23(19-34)14-24(13-22)20-34)26-7-8-28-16-29(10-9-27(28)15-26)31(32(37)39-2)33(38)40-21-35/h5,7-10,15-17,22-24,31,36H,3-4,6,11-14,18-20H2,1-2H3/b25-5+,30-17+. The molecule has 2 aromatic rings. The minimum Gasteiger partial charge on any atom is -0.468 e. The Balaban J connectivity index is 1.49. The average molecular weight is 542 g/mol. The quantitative estimate of drug-likeness (QED) is 0.153. The van der Waals surface area contributed by atoms with Crippen LogP contribution in [0.1, 0.15) is 81.8 Å². The molecule has 2 aromatic carbocycles. The van der Waals surface area contributed by atoms with Crippen molar-refractivity contribution in [2.24, 2.45) is 23.2 Å². The van der Waals surface area contributed by atoms with Gasteiger partial charge in [0.1, 0.15) is 0 Å². The lowest BCUT2D eigenvalue weighted by atomic mass is 9.47. The van der Waals surface area contributed by atoms with Gasteiger partial charge in [0, 0.05) is 6.61 Å². The van der Waals surface area contributed by atoms with Gasteiger partial charge in [0.15, 0.2) is 5.92 Å². The molecule has 4 saturated carbocycles. The molecular formula is C34H39NO5. The van der Waals surface area contributed by atoms with Crippen molar-refractivity contribution in [3.8, 4) is 6.26 Å². The molecule has 4 fully saturated rings. The van der Waals surface area contributed by atoms with E-state index in [1.165, 1.54) is 63.0 Å². The van der Waals surface area contributed by atoms with Crippen molar-refractivity contribution in [1.29, 1.82) is 5.26 Å². The molecule has 0 aliphatic heterocycles. The van der Waals surface area contributed by atoms with Crippen LogP contribution in [-0.2, 0) is 19.1 Å². The maximum Gasteiger partial charge on any atom is 0.340 e. The number of rotatable bonds is 10. The lowest BCUT2D eigenvalue weighted by molar-refractivity contribution is -0.152. The third-order valence-corrected chi connectivity index (χ3v) is 9.43. The highest BCUT2D eigenvalue weighted by Crippen LogP contribution is 2.63. The molecule has 6 rings (SSSR count). The van der Waals surface area contributed by atoms with E-state index in [-0.39, 0.29) is 12.0 Å². The van der Waals surface area contributed by atoms with Crippen molar-refractivity contribution >= 4 is 28.3 Å². The van der Waals surface area contributed by atoms with Crippen LogP contribution in [0, 0.1) is 34.7 Å². The zero-order chi connectivity index (χ0) is 28.3. The van der Waals surface area contributed by atoms with Crippen LogP contribution in [0.15, 0.2) is 54.1 Å². The van der Waals surface area contributed by atoms with Crippen molar-refractivity contribution in [2.45, 2.75) is 70.6 Å². The Morgan fingerprint density at radius 1 is 1.05 bits per heavy atom. The molecule has 0 saturated heterocycles. The van der Waals surface area contributed by atoms with Crippen molar-refractivity contribution in [3.63, 3.8) is 0 Å².